The van der Waals surface area contributed by atoms with Crippen LogP contribution in [0.1, 0.15) is 22.8 Å². The molecule has 0 fully saturated rings. The number of carbonyl (C=O) groups excluding carboxylic acids is 1. The molecule has 0 saturated heterocycles. The first-order valence-corrected chi connectivity index (χ1v) is 13.3. The summed E-state index contributed by atoms with van der Waals surface area (Å²) in [6.07, 6.45) is 0.427. The number of anilines is 1. The summed E-state index contributed by atoms with van der Waals surface area (Å²) in [6, 6.07) is 15.8. The minimum absolute atomic E-state index is 0.00536. The molecule has 0 radical (unpaired) electrons. The van der Waals surface area contributed by atoms with Gasteiger partial charge in [0, 0.05) is 11.5 Å². The SMILES string of the molecule is CCc1ccc(S(=O)(=O)O)c(Cl)c1N=Nc1c(O)c(C(=O)Nc2cc(OC)ccc2Cl)cc2ccccc12. The zero-order chi connectivity index (χ0) is 27.6. The van der Waals surface area contributed by atoms with Crippen LogP contribution in [0.2, 0.25) is 10.0 Å². The highest BCUT2D eigenvalue weighted by Crippen LogP contribution is 2.42. The highest BCUT2D eigenvalue weighted by molar-refractivity contribution is 7.86. The zero-order valence-corrected chi connectivity index (χ0v) is 22.4. The lowest BCUT2D eigenvalue weighted by Gasteiger charge is -2.13. The van der Waals surface area contributed by atoms with Gasteiger partial charge in [-0.25, -0.2) is 0 Å². The van der Waals surface area contributed by atoms with Crippen molar-refractivity contribution in [1.29, 1.82) is 0 Å². The number of aryl methyl sites for hydroxylation is 1. The molecule has 4 aromatic carbocycles. The maximum absolute atomic E-state index is 13.2. The molecule has 0 heterocycles. The Morgan fingerprint density at radius 2 is 1.74 bits per heavy atom. The van der Waals surface area contributed by atoms with Crippen LogP contribution in [0.4, 0.5) is 17.1 Å². The molecule has 0 aliphatic rings. The Bertz CT molecular complexity index is 1710. The first-order chi connectivity index (χ1) is 18.0. The normalized spacial score (nSPS) is 11.7. The predicted molar refractivity (Wildman–Crippen MR) is 146 cm³/mol. The van der Waals surface area contributed by atoms with Gasteiger partial charge in [0.25, 0.3) is 16.0 Å². The summed E-state index contributed by atoms with van der Waals surface area (Å²) in [5, 5.41) is 23.1. The van der Waals surface area contributed by atoms with E-state index >= 15 is 0 Å². The van der Waals surface area contributed by atoms with E-state index in [-0.39, 0.29) is 32.7 Å². The van der Waals surface area contributed by atoms with Crippen molar-refractivity contribution < 1.29 is 27.6 Å². The summed E-state index contributed by atoms with van der Waals surface area (Å²) in [4.78, 5) is 12.7. The molecule has 3 N–H and O–H groups in total. The highest BCUT2D eigenvalue weighted by Gasteiger charge is 2.22. The summed E-state index contributed by atoms with van der Waals surface area (Å²) in [6.45, 7) is 1.80. The molecule has 12 heteroatoms. The number of aromatic hydroxyl groups is 1. The fraction of sp³-hybridized carbons (Fsp3) is 0.115. The van der Waals surface area contributed by atoms with Gasteiger partial charge in [0.05, 0.1) is 28.4 Å². The van der Waals surface area contributed by atoms with Gasteiger partial charge in [-0.1, -0.05) is 60.5 Å². The Balaban J connectivity index is 1.85. The second-order valence-electron chi connectivity index (χ2n) is 8.06. The first-order valence-electron chi connectivity index (χ1n) is 11.1. The van der Waals surface area contributed by atoms with Gasteiger partial charge in [-0.05, 0) is 41.6 Å². The third-order valence-electron chi connectivity index (χ3n) is 5.73. The minimum Gasteiger partial charge on any atom is -0.505 e. The number of benzene rings is 4. The molecule has 0 aliphatic heterocycles. The zero-order valence-electron chi connectivity index (χ0n) is 20.1. The van der Waals surface area contributed by atoms with Crippen molar-refractivity contribution in [2.75, 3.05) is 12.4 Å². The van der Waals surface area contributed by atoms with E-state index in [2.05, 4.69) is 15.5 Å². The third kappa shape index (κ3) is 5.44. The van der Waals surface area contributed by atoms with Crippen LogP contribution in [0.3, 0.4) is 0 Å². The van der Waals surface area contributed by atoms with Crippen LogP contribution in [0.15, 0.2) is 75.8 Å². The molecule has 0 atom stereocenters. The monoisotopic (exact) mass is 573 g/mol. The van der Waals surface area contributed by atoms with Gasteiger partial charge in [0.2, 0.25) is 0 Å². The molecule has 0 saturated carbocycles. The molecular formula is C26H21Cl2N3O6S. The number of phenols is 1. The molecule has 1 amide bonds. The standard InChI is InChI=1S/C26H21Cl2N3O6S/c1-3-14-8-11-21(38(34,35)36)22(28)23(14)30-31-24-17-7-5-4-6-15(17)12-18(25(24)32)26(33)29-20-13-16(37-2)9-10-19(20)27/h4-13,32H,3H2,1-2H3,(H,29,33)(H,34,35,36). The Morgan fingerprint density at radius 3 is 2.42 bits per heavy atom. The van der Waals surface area contributed by atoms with E-state index in [1.807, 2.05) is 0 Å². The van der Waals surface area contributed by atoms with E-state index < -0.39 is 26.7 Å². The number of fused-ring (bicyclic) bond motifs is 1. The molecule has 0 bridgehead atoms. The average Bonchev–Trinajstić information content (AvgIpc) is 2.88. The number of amides is 1. The molecule has 0 unspecified atom stereocenters. The molecule has 0 spiro atoms. The van der Waals surface area contributed by atoms with Gasteiger partial charge in [0.15, 0.2) is 5.75 Å². The number of hydrogen-bond donors (Lipinski definition) is 3. The number of halogens is 2. The lowest BCUT2D eigenvalue weighted by Crippen LogP contribution is -2.12. The van der Waals surface area contributed by atoms with Crippen molar-refractivity contribution in [1.82, 2.24) is 0 Å². The number of nitrogens with zero attached hydrogens (tertiary/aromatic N) is 2. The Kier molecular flexibility index (Phi) is 7.89. The smallest absolute Gasteiger partial charge is 0.296 e. The van der Waals surface area contributed by atoms with Crippen LogP contribution in [-0.2, 0) is 16.5 Å². The van der Waals surface area contributed by atoms with Crippen molar-refractivity contribution in [3.05, 3.63) is 81.8 Å². The van der Waals surface area contributed by atoms with Gasteiger partial charge >= 0.3 is 0 Å². The van der Waals surface area contributed by atoms with Gasteiger partial charge < -0.3 is 15.2 Å². The van der Waals surface area contributed by atoms with Gasteiger partial charge in [0.1, 0.15) is 22.0 Å². The highest BCUT2D eigenvalue weighted by atomic mass is 35.5. The summed E-state index contributed by atoms with van der Waals surface area (Å²) in [5.41, 5.74) is 0.681. The summed E-state index contributed by atoms with van der Waals surface area (Å²) in [5.74, 6) is -0.665. The van der Waals surface area contributed by atoms with Crippen molar-refractivity contribution in [3.8, 4) is 11.5 Å². The van der Waals surface area contributed by atoms with Crippen molar-refractivity contribution >= 4 is 67.1 Å². The fourth-order valence-corrected chi connectivity index (χ4v) is 5.03. The van der Waals surface area contributed by atoms with Crippen LogP contribution >= 0.6 is 23.2 Å². The molecule has 4 aromatic rings. The van der Waals surface area contributed by atoms with Crippen molar-refractivity contribution in [2.45, 2.75) is 18.2 Å². The Morgan fingerprint density at radius 1 is 1.03 bits per heavy atom. The maximum Gasteiger partial charge on any atom is 0.296 e. The lowest BCUT2D eigenvalue weighted by molar-refractivity contribution is 0.102. The van der Waals surface area contributed by atoms with Crippen molar-refractivity contribution in [2.24, 2.45) is 10.2 Å². The first kappa shape index (κ1) is 27.3. The van der Waals surface area contributed by atoms with Crippen LogP contribution in [0.5, 0.6) is 11.5 Å². The number of phenolic OH excluding ortho intramolecular Hbond substituents is 1. The molecule has 196 valence electrons. The number of azo groups is 1. The van der Waals surface area contributed by atoms with E-state index in [4.69, 9.17) is 27.9 Å². The van der Waals surface area contributed by atoms with Crippen LogP contribution < -0.4 is 10.1 Å². The van der Waals surface area contributed by atoms with Gasteiger partial charge in [-0.2, -0.15) is 8.42 Å². The topological polar surface area (TPSA) is 138 Å². The number of carbonyl (C=O) groups is 1. The molecule has 9 nitrogen and oxygen atoms in total. The van der Waals surface area contributed by atoms with E-state index in [1.54, 1.807) is 43.3 Å². The van der Waals surface area contributed by atoms with E-state index in [0.717, 1.165) is 0 Å². The number of rotatable bonds is 7. The number of nitrogens with one attached hydrogen (secondary N) is 1. The Hall–Kier alpha value is -3.70. The average molecular weight is 574 g/mol. The molecule has 0 aliphatic carbocycles. The second-order valence-corrected chi connectivity index (χ2v) is 10.2. The number of hydrogen-bond acceptors (Lipinski definition) is 7. The molecule has 38 heavy (non-hydrogen) atoms. The van der Waals surface area contributed by atoms with E-state index in [0.29, 0.717) is 28.5 Å². The van der Waals surface area contributed by atoms with Crippen LogP contribution in [0.25, 0.3) is 10.8 Å². The maximum atomic E-state index is 13.2. The molecule has 4 rings (SSSR count). The largest absolute Gasteiger partial charge is 0.505 e. The fourth-order valence-electron chi connectivity index (χ4n) is 3.79. The minimum atomic E-state index is -4.62. The predicted octanol–water partition coefficient (Wildman–Crippen LogP) is 7.34. The van der Waals surface area contributed by atoms with Crippen LogP contribution in [-0.4, -0.2) is 31.1 Å². The quantitative estimate of drug-likeness (QED) is 0.156. The summed E-state index contributed by atoms with van der Waals surface area (Å²) >= 11 is 12.5. The van der Waals surface area contributed by atoms with Gasteiger partial charge in [-0.15, -0.1) is 10.2 Å². The summed E-state index contributed by atoms with van der Waals surface area (Å²) < 4.78 is 38.2. The van der Waals surface area contributed by atoms with E-state index in [1.165, 1.54) is 31.4 Å². The Labute approximate surface area is 228 Å². The second kappa shape index (κ2) is 11.0. The van der Waals surface area contributed by atoms with E-state index in [9.17, 15) is 22.9 Å². The lowest BCUT2D eigenvalue weighted by atomic mass is 10.0. The molecular weight excluding hydrogens is 553 g/mol. The third-order valence-corrected chi connectivity index (χ3v) is 7.45. The molecule has 0 aromatic heterocycles. The van der Waals surface area contributed by atoms with Gasteiger partial charge in [-0.3, -0.25) is 9.35 Å². The van der Waals surface area contributed by atoms with Crippen molar-refractivity contribution in [3.63, 3.8) is 0 Å². The number of ether oxygens (including phenoxy) is 1. The van der Waals surface area contributed by atoms with Crippen LogP contribution in [0, 0.1) is 0 Å². The summed E-state index contributed by atoms with van der Waals surface area (Å²) in [7, 11) is -3.14. The number of methoxy groups -OCH3 is 1.